The molecule has 0 saturated heterocycles. The van der Waals surface area contributed by atoms with Crippen LogP contribution in [0.5, 0.6) is 5.75 Å². The van der Waals surface area contributed by atoms with Crippen LogP contribution in [0.25, 0.3) is 90.9 Å². The van der Waals surface area contributed by atoms with E-state index >= 15 is 0 Å². The molecule has 2 aliphatic heterocycles. The van der Waals surface area contributed by atoms with Crippen LogP contribution in [-0.2, 0) is 0 Å². The number of H-pyrrole nitrogens is 2. The van der Waals surface area contributed by atoms with Gasteiger partial charge in [-0.3, -0.25) is 0 Å². The van der Waals surface area contributed by atoms with Crippen molar-refractivity contribution in [2.24, 2.45) is 0 Å². The first-order valence-electron chi connectivity index (χ1n) is 24.7. The normalized spacial score (nSPS) is 11.5. The van der Waals surface area contributed by atoms with Gasteiger partial charge in [-0.2, -0.15) is 0 Å². The predicted octanol–water partition coefficient (Wildman–Crippen LogP) is 16.8. The molecule has 0 unspecified atom stereocenters. The van der Waals surface area contributed by atoms with Crippen molar-refractivity contribution in [2.45, 2.75) is 90.4 Å². The third-order valence-electron chi connectivity index (χ3n) is 12.8. The van der Waals surface area contributed by atoms with Gasteiger partial charge in [0.15, 0.2) is 0 Å². The van der Waals surface area contributed by atoms with E-state index in [1.807, 2.05) is 12.1 Å². The second-order valence-electron chi connectivity index (χ2n) is 17.7. The second-order valence-corrected chi connectivity index (χ2v) is 17.7. The maximum absolute atomic E-state index is 6.09. The molecule has 4 aromatic carbocycles. The molecule has 68 heavy (non-hydrogen) atoms. The number of nitrogens with one attached hydrogen (secondary N) is 2. The fourth-order valence-corrected chi connectivity index (χ4v) is 9.31. The molecule has 2 N–H and O–H groups in total. The fourth-order valence-electron chi connectivity index (χ4n) is 9.31. The van der Waals surface area contributed by atoms with Gasteiger partial charge in [0.1, 0.15) is 12.4 Å². The molecule has 338 valence electrons. The molecule has 0 saturated carbocycles. The molecule has 0 fully saturated rings. The van der Waals surface area contributed by atoms with Crippen LogP contribution in [0.2, 0.25) is 0 Å². The molecular formula is C63H60N4O. The third kappa shape index (κ3) is 11.3. The van der Waals surface area contributed by atoms with E-state index in [1.54, 1.807) is 0 Å². The van der Waals surface area contributed by atoms with Gasteiger partial charge in [-0.1, -0.05) is 187 Å². The Kier molecular flexibility index (Phi) is 15.6. The number of aromatic nitrogens is 4. The van der Waals surface area contributed by atoms with Crippen molar-refractivity contribution < 1.29 is 4.74 Å². The van der Waals surface area contributed by atoms with E-state index < -0.39 is 0 Å². The molecule has 0 aliphatic carbocycles. The third-order valence-corrected chi connectivity index (χ3v) is 12.8. The average Bonchev–Trinajstić information content (AvgIpc) is 4.24. The van der Waals surface area contributed by atoms with E-state index in [4.69, 9.17) is 14.7 Å². The maximum Gasteiger partial charge on any atom is 0.150 e. The summed E-state index contributed by atoms with van der Waals surface area (Å²) in [4.78, 5) is 18.5. The zero-order chi connectivity index (χ0) is 46.2. The number of hydrogen-bond acceptors (Lipinski definition) is 3. The smallest absolute Gasteiger partial charge is 0.150 e. The van der Waals surface area contributed by atoms with Gasteiger partial charge >= 0.3 is 0 Å². The first-order chi connectivity index (χ1) is 33.7. The van der Waals surface area contributed by atoms with Gasteiger partial charge in [0, 0.05) is 50.7 Å². The molecule has 5 heterocycles. The number of rotatable bonds is 18. The van der Waals surface area contributed by atoms with Gasteiger partial charge in [-0.05, 0) is 107 Å². The molecule has 5 heteroatoms. The lowest BCUT2D eigenvalue weighted by molar-refractivity contribution is 0.370. The van der Waals surface area contributed by atoms with E-state index in [1.165, 1.54) is 70.6 Å². The molecule has 0 spiro atoms. The highest BCUT2D eigenvalue weighted by molar-refractivity contribution is 5.99. The number of unbranched alkanes of at least 4 members (excludes halogenated alkanes) is 12. The molecule has 0 radical (unpaired) electrons. The van der Waals surface area contributed by atoms with E-state index in [9.17, 15) is 0 Å². The van der Waals surface area contributed by atoms with Crippen LogP contribution in [0.4, 0.5) is 0 Å². The van der Waals surface area contributed by atoms with Crippen LogP contribution in [0, 0.1) is 23.7 Å². The molecule has 5 nitrogen and oxygen atoms in total. The SMILES string of the molecule is CCCCCCCCCCCCCCC#CC#CCOc1ccc(-c2c3nc(c(-c4ccccc4)c4ccc([nH]4)c(-c4ccccc4)c4nc(c(-c5ccccc5)c5ccc2[nH]5)C=C4)C=C3)cc1. The number of ether oxygens (including phenoxy) is 1. The summed E-state index contributed by atoms with van der Waals surface area (Å²) in [7, 11) is 0. The van der Waals surface area contributed by atoms with Gasteiger partial charge in [0.05, 0.1) is 22.8 Å². The maximum atomic E-state index is 6.09. The van der Waals surface area contributed by atoms with Crippen molar-refractivity contribution in [3.8, 4) is 73.9 Å². The molecule has 0 atom stereocenters. The van der Waals surface area contributed by atoms with E-state index in [0.29, 0.717) is 0 Å². The van der Waals surface area contributed by atoms with Crippen molar-refractivity contribution in [1.82, 2.24) is 19.9 Å². The molecule has 7 aromatic rings. The molecular weight excluding hydrogens is 829 g/mol. The largest absolute Gasteiger partial charge is 0.481 e. The molecule has 3 aromatic heterocycles. The topological polar surface area (TPSA) is 66.6 Å². The van der Waals surface area contributed by atoms with Crippen LogP contribution >= 0.6 is 0 Å². The lowest BCUT2D eigenvalue weighted by Gasteiger charge is -2.08. The summed E-state index contributed by atoms with van der Waals surface area (Å²) in [6.45, 7) is 2.56. The number of aromatic amines is 2. The standard InChI is InChI=1S/C63H60N4O/c1-2-3-4-5-6-7-8-9-10-11-12-13-14-15-16-17-27-46-68-51-36-34-50(35-37-51)63-58-44-42-56(66-58)61(48-30-23-19-24-31-48)54-40-38-52(64-54)60(47-28-21-18-22-29-47)53-39-41-55(65-53)62(49-32-25-20-26-33-49)57-43-45-59(63)67-57/h18-26,28-45,64,67H,2-14,46H2,1H3. The Morgan fingerprint density at radius 2 is 0.735 bits per heavy atom. The summed E-state index contributed by atoms with van der Waals surface area (Å²) < 4.78 is 6.09. The van der Waals surface area contributed by atoms with Crippen LogP contribution in [-0.4, -0.2) is 26.5 Å². The number of fused-ring (bicyclic) bond motifs is 8. The van der Waals surface area contributed by atoms with E-state index in [2.05, 4.69) is 192 Å². The number of benzene rings is 4. The zero-order valence-electron chi connectivity index (χ0n) is 39.3. The van der Waals surface area contributed by atoms with Crippen LogP contribution in [0.1, 0.15) is 113 Å². The quantitative estimate of drug-likeness (QED) is 0.0666. The van der Waals surface area contributed by atoms with Crippen molar-refractivity contribution in [1.29, 1.82) is 0 Å². The lowest BCUT2D eigenvalue weighted by atomic mass is 10.0. The van der Waals surface area contributed by atoms with Gasteiger partial charge in [-0.15, -0.1) is 0 Å². The first-order valence-corrected chi connectivity index (χ1v) is 24.7. The minimum Gasteiger partial charge on any atom is -0.481 e. The summed E-state index contributed by atoms with van der Waals surface area (Å²) >= 11 is 0. The number of nitrogens with zero attached hydrogens (tertiary/aromatic N) is 2. The Hall–Kier alpha value is -7.60. The second kappa shape index (κ2) is 23.2. The highest BCUT2D eigenvalue weighted by Crippen LogP contribution is 2.38. The van der Waals surface area contributed by atoms with Gasteiger partial charge in [-0.25, -0.2) is 9.97 Å². The molecule has 0 amide bonds. The Bertz CT molecular complexity index is 3110. The van der Waals surface area contributed by atoms with Crippen LogP contribution in [0.3, 0.4) is 0 Å². The minimum atomic E-state index is 0.273. The zero-order valence-corrected chi connectivity index (χ0v) is 39.3. The summed E-state index contributed by atoms with van der Waals surface area (Å²) in [5.41, 5.74) is 15.6. The van der Waals surface area contributed by atoms with Crippen LogP contribution < -0.4 is 4.74 Å². The van der Waals surface area contributed by atoms with Crippen molar-refractivity contribution in [3.63, 3.8) is 0 Å². The Labute approximate surface area is 402 Å². The fraction of sp³-hybridized carbons (Fsp3) is 0.238. The molecule has 9 rings (SSSR count). The predicted molar refractivity (Wildman–Crippen MR) is 287 cm³/mol. The highest BCUT2D eigenvalue weighted by atomic mass is 16.5. The van der Waals surface area contributed by atoms with Crippen molar-refractivity contribution in [3.05, 3.63) is 162 Å². The Balaban J connectivity index is 1.01. The number of hydrogen-bond donors (Lipinski definition) is 2. The Morgan fingerprint density at radius 1 is 0.382 bits per heavy atom. The van der Waals surface area contributed by atoms with Crippen molar-refractivity contribution >= 4 is 46.4 Å². The monoisotopic (exact) mass is 888 g/mol. The summed E-state index contributed by atoms with van der Waals surface area (Å²) in [5, 5.41) is 0. The van der Waals surface area contributed by atoms with E-state index in [0.717, 1.165) is 108 Å². The van der Waals surface area contributed by atoms with Gasteiger partial charge in [0.25, 0.3) is 0 Å². The average molecular weight is 889 g/mol. The van der Waals surface area contributed by atoms with Crippen LogP contribution in [0.15, 0.2) is 140 Å². The molecule has 2 aliphatic rings. The first kappa shape index (κ1) is 45.6. The minimum absolute atomic E-state index is 0.273. The highest BCUT2D eigenvalue weighted by Gasteiger charge is 2.19. The summed E-state index contributed by atoms with van der Waals surface area (Å²) in [6, 6.07) is 48.4. The lowest BCUT2D eigenvalue weighted by Crippen LogP contribution is -1.94. The van der Waals surface area contributed by atoms with Crippen molar-refractivity contribution in [2.75, 3.05) is 6.61 Å². The summed E-state index contributed by atoms with van der Waals surface area (Å²) in [6.07, 6.45) is 25.6. The van der Waals surface area contributed by atoms with E-state index in [-0.39, 0.29) is 6.61 Å². The molecule has 8 bridgehead atoms. The summed E-state index contributed by atoms with van der Waals surface area (Å²) in [5.74, 6) is 13.1. The van der Waals surface area contributed by atoms with Gasteiger partial charge < -0.3 is 14.7 Å². The van der Waals surface area contributed by atoms with Gasteiger partial charge in [0.2, 0.25) is 0 Å². The Morgan fingerprint density at radius 3 is 1.13 bits per heavy atom.